The Bertz CT molecular complexity index is 788. The number of nitrogens with zero attached hydrogens (tertiary/aromatic N) is 3. The molecule has 5 nitrogen and oxygen atoms in total. The molecule has 8 heteroatoms. The Hall–Kier alpha value is -1.76. The molecule has 20 heavy (non-hydrogen) atoms. The topological polar surface area (TPSA) is 67.8 Å². The van der Waals surface area contributed by atoms with Crippen molar-refractivity contribution in [3.05, 3.63) is 45.9 Å². The number of hydrogen-bond acceptors (Lipinski definition) is 5. The average Bonchev–Trinajstić information content (AvgIpc) is 2.91. The number of anilines is 1. The molecule has 1 amide bonds. The van der Waals surface area contributed by atoms with Crippen LogP contribution < -0.4 is 5.32 Å². The van der Waals surface area contributed by atoms with Crippen LogP contribution in [0.3, 0.4) is 0 Å². The predicted molar refractivity (Wildman–Crippen MR) is 79.6 cm³/mol. The lowest BCUT2D eigenvalue weighted by Gasteiger charge is -2.07. The molecule has 3 rings (SSSR count). The van der Waals surface area contributed by atoms with Crippen LogP contribution in [0, 0.1) is 0 Å². The fourth-order valence-electron chi connectivity index (χ4n) is 1.63. The monoisotopic (exact) mass is 324 g/mol. The molecule has 2 heterocycles. The van der Waals surface area contributed by atoms with Crippen molar-refractivity contribution in [2.75, 3.05) is 5.32 Å². The highest BCUT2D eigenvalue weighted by atomic mass is 35.5. The molecule has 3 aromatic rings. The quantitative estimate of drug-likeness (QED) is 0.781. The summed E-state index contributed by atoms with van der Waals surface area (Å²) >= 11 is 13.2. The first-order valence-electron chi connectivity index (χ1n) is 5.46. The van der Waals surface area contributed by atoms with Crippen LogP contribution in [0.5, 0.6) is 0 Å². The summed E-state index contributed by atoms with van der Waals surface area (Å²) < 4.78 is 0.937. The summed E-state index contributed by atoms with van der Waals surface area (Å²) in [7, 11) is 0. The highest BCUT2D eigenvalue weighted by molar-refractivity contribution is 7.16. The first kappa shape index (κ1) is 13.2. The van der Waals surface area contributed by atoms with Crippen LogP contribution in [0.4, 0.5) is 5.69 Å². The van der Waals surface area contributed by atoms with Crippen LogP contribution in [0.1, 0.15) is 10.5 Å². The van der Waals surface area contributed by atoms with Gasteiger partial charge in [-0.15, -0.1) is 11.3 Å². The van der Waals surface area contributed by atoms with Crippen molar-refractivity contribution in [1.29, 1.82) is 0 Å². The minimum atomic E-state index is -0.420. The van der Waals surface area contributed by atoms with E-state index < -0.39 is 5.91 Å². The van der Waals surface area contributed by atoms with E-state index in [1.54, 1.807) is 11.6 Å². The summed E-state index contributed by atoms with van der Waals surface area (Å²) in [5.74, 6) is -0.420. The van der Waals surface area contributed by atoms with Gasteiger partial charge in [-0.2, -0.15) is 0 Å². The van der Waals surface area contributed by atoms with Gasteiger partial charge in [0.25, 0.3) is 5.91 Å². The molecule has 0 saturated carbocycles. The number of halogens is 2. The third-order valence-corrected chi connectivity index (χ3v) is 3.85. The highest BCUT2D eigenvalue weighted by Crippen LogP contribution is 2.32. The number of benzene rings is 1. The Morgan fingerprint density at radius 1 is 1.15 bits per heavy atom. The molecule has 0 bridgehead atoms. The van der Waals surface area contributed by atoms with Gasteiger partial charge < -0.3 is 5.32 Å². The van der Waals surface area contributed by atoms with E-state index in [4.69, 9.17) is 23.2 Å². The molecular weight excluding hydrogens is 319 g/mol. The maximum absolute atomic E-state index is 12.1. The first-order valence-corrected chi connectivity index (χ1v) is 7.09. The Labute approximate surface area is 127 Å². The van der Waals surface area contributed by atoms with Gasteiger partial charge in [0.2, 0.25) is 0 Å². The minimum absolute atomic E-state index is 0.151. The molecule has 1 N–H and O–H groups in total. The number of aromatic nitrogens is 3. The molecule has 1 aromatic carbocycles. The molecule has 0 spiro atoms. The van der Waals surface area contributed by atoms with Crippen molar-refractivity contribution in [2.45, 2.75) is 0 Å². The first-order chi connectivity index (χ1) is 9.65. The molecule has 0 saturated heterocycles. The zero-order valence-electron chi connectivity index (χ0n) is 9.80. The van der Waals surface area contributed by atoms with E-state index in [0.717, 1.165) is 4.70 Å². The molecular formula is C12H6Cl2N4OS. The zero-order valence-corrected chi connectivity index (χ0v) is 12.1. The lowest BCUT2D eigenvalue weighted by Crippen LogP contribution is -2.14. The van der Waals surface area contributed by atoms with E-state index in [9.17, 15) is 4.79 Å². The van der Waals surface area contributed by atoms with Crippen LogP contribution in [0.2, 0.25) is 10.2 Å². The third kappa shape index (κ3) is 2.45. The van der Waals surface area contributed by atoms with Crippen molar-refractivity contribution in [3.8, 4) is 0 Å². The van der Waals surface area contributed by atoms with Gasteiger partial charge in [-0.25, -0.2) is 15.0 Å². The third-order valence-electron chi connectivity index (χ3n) is 2.54. The van der Waals surface area contributed by atoms with Gasteiger partial charge in [-0.3, -0.25) is 4.79 Å². The van der Waals surface area contributed by atoms with E-state index in [0.29, 0.717) is 16.2 Å². The number of carbonyl (C=O) groups excluding carboxylic acids is 1. The van der Waals surface area contributed by atoms with Gasteiger partial charge in [-0.1, -0.05) is 23.2 Å². The smallest absolute Gasteiger partial charge is 0.275 e. The molecule has 0 fully saturated rings. The van der Waals surface area contributed by atoms with Crippen molar-refractivity contribution in [2.24, 2.45) is 0 Å². The minimum Gasteiger partial charge on any atom is -0.317 e. The van der Waals surface area contributed by atoms with Crippen LogP contribution in [-0.4, -0.2) is 20.9 Å². The maximum atomic E-state index is 12.1. The predicted octanol–water partition coefficient (Wildman–Crippen LogP) is 3.65. The van der Waals surface area contributed by atoms with E-state index in [2.05, 4.69) is 20.3 Å². The van der Waals surface area contributed by atoms with Crippen LogP contribution in [0.15, 0.2) is 30.0 Å². The number of hydrogen-bond donors (Lipinski definition) is 1. The van der Waals surface area contributed by atoms with Crippen molar-refractivity contribution >= 4 is 56.3 Å². The number of nitrogens with one attached hydrogen (secondary N) is 1. The lowest BCUT2D eigenvalue weighted by atomic mass is 10.2. The summed E-state index contributed by atoms with van der Waals surface area (Å²) in [6, 6.07) is 3.57. The van der Waals surface area contributed by atoms with Crippen LogP contribution in [-0.2, 0) is 0 Å². The van der Waals surface area contributed by atoms with Crippen molar-refractivity contribution in [3.63, 3.8) is 0 Å². The second-order valence-corrected chi connectivity index (χ2v) is 5.48. The molecule has 0 aliphatic heterocycles. The summed E-state index contributed by atoms with van der Waals surface area (Å²) in [4.78, 5) is 24.0. The van der Waals surface area contributed by atoms with Crippen molar-refractivity contribution < 1.29 is 4.79 Å². The number of thiazole rings is 1. The lowest BCUT2D eigenvalue weighted by molar-refractivity contribution is 0.102. The van der Waals surface area contributed by atoms with E-state index in [-0.39, 0.29) is 10.8 Å². The van der Waals surface area contributed by atoms with Gasteiger partial charge in [0.1, 0.15) is 16.4 Å². The largest absolute Gasteiger partial charge is 0.317 e. The van der Waals surface area contributed by atoms with Gasteiger partial charge in [0.15, 0.2) is 0 Å². The van der Waals surface area contributed by atoms with E-state index >= 15 is 0 Å². The molecule has 0 unspecified atom stereocenters. The van der Waals surface area contributed by atoms with Gasteiger partial charge >= 0.3 is 0 Å². The Morgan fingerprint density at radius 3 is 2.75 bits per heavy atom. The van der Waals surface area contributed by atoms with Crippen molar-refractivity contribution in [1.82, 2.24) is 15.0 Å². The molecule has 0 aliphatic rings. The van der Waals surface area contributed by atoms with Gasteiger partial charge in [-0.05, 0) is 12.1 Å². The summed E-state index contributed by atoms with van der Waals surface area (Å²) in [6.07, 6.45) is 2.61. The Balaban J connectivity index is 1.96. The number of fused-ring (bicyclic) bond motifs is 1. The SMILES string of the molecule is O=C(Nc1c(Cl)ccc2scnc12)c1cnc(Cl)cn1. The molecule has 100 valence electrons. The Morgan fingerprint density at radius 2 is 2.00 bits per heavy atom. The molecule has 2 aromatic heterocycles. The molecule has 0 radical (unpaired) electrons. The average molecular weight is 325 g/mol. The van der Waals surface area contributed by atoms with E-state index in [1.165, 1.54) is 23.7 Å². The molecule has 0 atom stereocenters. The standard InChI is InChI=1S/C12H6Cl2N4OS/c13-6-1-2-8-11(17-5-20-8)10(6)18-12(19)7-3-16-9(14)4-15-7/h1-5H,(H,18,19). The fraction of sp³-hybridized carbons (Fsp3) is 0. The molecule has 0 aliphatic carbocycles. The number of amides is 1. The fourth-order valence-corrected chi connectivity index (χ4v) is 2.61. The summed E-state index contributed by atoms with van der Waals surface area (Å²) in [5.41, 5.74) is 2.96. The van der Waals surface area contributed by atoms with E-state index in [1.807, 2.05) is 6.07 Å². The van der Waals surface area contributed by atoms with Crippen LogP contribution >= 0.6 is 34.5 Å². The number of rotatable bonds is 2. The summed E-state index contributed by atoms with van der Waals surface area (Å²) in [6.45, 7) is 0. The van der Waals surface area contributed by atoms with Crippen LogP contribution in [0.25, 0.3) is 10.2 Å². The second kappa shape index (κ2) is 5.32. The normalized spacial score (nSPS) is 10.7. The highest BCUT2D eigenvalue weighted by Gasteiger charge is 2.14. The maximum Gasteiger partial charge on any atom is 0.275 e. The second-order valence-electron chi connectivity index (χ2n) is 3.80. The van der Waals surface area contributed by atoms with Gasteiger partial charge in [0.05, 0.1) is 33.3 Å². The number of carbonyl (C=O) groups is 1. The van der Waals surface area contributed by atoms with Gasteiger partial charge in [0, 0.05) is 0 Å². The zero-order chi connectivity index (χ0) is 14.1. The summed E-state index contributed by atoms with van der Waals surface area (Å²) in [5, 5.41) is 3.34. The Kier molecular flexibility index (Phi) is 3.52.